The van der Waals surface area contributed by atoms with Gasteiger partial charge in [-0.05, 0) is 42.3 Å². The minimum Gasteiger partial charge on any atom is -0.494 e. The van der Waals surface area contributed by atoms with Crippen LogP contribution in [0.4, 0.5) is 5.13 Å². The molecule has 1 amide bonds. The van der Waals surface area contributed by atoms with E-state index in [0.717, 1.165) is 25.8 Å². The molecule has 29 heavy (non-hydrogen) atoms. The van der Waals surface area contributed by atoms with E-state index in [-0.39, 0.29) is 5.91 Å². The lowest BCUT2D eigenvalue weighted by molar-refractivity contribution is 0.0985. The highest BCUT2D eigenvalue weighted by molar-refractivity contribution is 9.10. The summed E-state index contributed by atoms with van der Waals surface area (Å²) in [5, 5.41) is 0.654. The van der Waals surface area contributed by atoms with Crippen LogP contribution in [0.3, 0.4) is 0 Å². The summed E-state index contributed by atoms with van der Waals surface area (Å²) in [5.74, 6) is 0.619. The Morgan fingerprint density at radius 3 is 2.62 bits per heavy atom. The predicted octanol–water partition coefficient (Wildman–Crippen LogP) is 6.22. The zero-order chi connectivity index (χ0) is 20.4. The second kappa shape index (κ2) is 8.35. The molecule has 1 aromatic heterocycles. The highest BCUT2D eigenvalue weighted by Gasteiger charge is 2.23. The number of amides is 1. The molecule has 4 aromatic rings. The molecule has 0 spiro atoms. The van der Waals surface area contributed by atoms with Crippen LogP contribution in [0.15, 0.2) is 71.2 Å². The second-order valence-corrected chi connectivity index (χ2v) is 8.54. The van der Waals surface area contributed by atoms with Gasteiger partial charge in [0, 0.05) is 10.0 Å². The van der Waals surface area contributed by atoms with Gasteiger partial charge in [-0.2, -0.15) is 0 Å². The van der Waals surface area contributed by atoms with Crippen molar-refractivity contribution in [1.82, 2.24) is 4.98 Å². The summed E-state index contributed by atoms with van der Waals surface area (Å²) in [7, 11) is 1.64. The van der Waals surface area contributed by atoms with Crippen molar-refractivity contribution in [2.45, 2.75) is 13.5 Å². The third kappa shape index (κ3) is 4.04. The maximum Gasteiger partial charge on any atom is 0.260 e. The van der Waals surface area contributed by atoms with E-state index in [9.17, 15) is 4.79 Å². The van der Waals surface area contributed by atoms with E-state index in [1.54, 1.807) is 12.0 Å². The van der Waals surface area contributed by atoms with E-state index >= 15 is 0 Å². The van der Waals surface area contributed by atoms with Gasteiger partial charge in [0.05, 0.1) is 18.4 Å². The van der Waals surface area contributed by atoms with Crippen molar-refractivity contribution in [3.05, 3.63) is 87.9 Å². The number of fused-ring (bicyclic) bond motifs is 1. The van der Waals surface area contributed by atoms with Crippen molar-refractivity contribution in [2.24, 2.45) is 0 Å². The molecule has 3 aromatic carbocycles. The first-order valence-electron chi connectivity index (χ1n) is 9.12. The van der Waals surface area contributed by atoms with Gasteiger partial charge >= 0.3 is 0 Å². The first kappa shape index (κ1) is 19.6. The standard InChI is InChI=1S/C23H19BrN2O2S/c1-15-11-12-19(28-2)20-21(15)29-23(25-20)26(14-16-7-4-3-5-8-16)22(27)17-9-6-10-18(24)13-17/h3-13H,14H2,1-2H3. The average molecular weight is 467 g/mol. The highest BCUT2D eigenvalue weighted by Crippen LogP contribution is 2.37. The van der Waals surface area contributed by atoms with Crippen LogP contribution in [0.25, 0.3) is 10.2 Å². The minimum absolute atomic E-state index is 0.0918. The smallest absolute Gasteiger partial charge is 0.260 e. The summed E-state index contributed by atoms with van der Waals surface area (Å²) in [6.07, 6.45) is 0. The summed E-state index contributed by atoms with van der Waals surface area (Å²) in [6.45, 7) is 2.48. The van der Waals surface area contributed by atoms with Crippen LogP contribution in [0.2, 0.25) is 0 Å². The molecule has 0 N–H and O–H groups in total. The Hall–Kier alpha value is -2.70. The molecule has 0 aliphatic heterocycles. The number of nitrogens with zero attached hydrogens (tertiary/aromatic N) is 2. The molecule has 0 saturated heterocycles. The Morgan fingerprint density at radius 2 is 1.90 bits per heavy atom. The molecule has 4 rings (SSSR count). The molecule has 0 aliphatic carbocycles. The van der Waals surface area contributed by atoms with Crippen LogP contribution in [0, 0.1) is 6.92 Å². The second-order valence-electron chi connectivity index (χ2n) is 6.65. The number of rotatable bonds is 5. The quantitative estimate of drug-likeness (QED) is 0.350. The lowest BCUT2D eigenvalue weighted by Gasteiger charge is -2.20. The Kier molecular flexibility index (Phi) is 5.65. The number of benzene rings is 3. The molecule has 0 aliphatic rings. The number of anilines is 1. The topological polar surface area (TPSA) is 42.4 Å². The summed E-state index contributed by atoms with van der Waals surface area (Å²) in [5.41, 5.74) is 3.55. The molecule has 0 fully saturated rings. The molecule has 0 bridgehead atoms. The van der Waals surface area contributed by atoms with Gasteiger partial charge in [-0.25, -0.2) is 4.98 Å². The van der Waals surface area contributed by atoms with Gasteiger partial charge in [-0.1, -0.05) is 69.7 Å². The van der Waals surface area contributed by atoms with Gasteiger partial charge in [-0.3, -0.25) is 9.69 Å². The number of aryl methyl sites for hydroxylation is 1. The van der Waals surface area contributed by atoms with E-state index in [1.165, 1.54) is 11.3 Å². The lowest BCUT2D eigenvalue weighted by Crippen LogP contribution is -2.30. The molecule has 146 valence electrons. The fourth-order valence-corrected chi connectivity index (χ4v) is 4.60. The van der Waals surface area contributed by atoms with Crippen molar-refractivity contribution in [1.29, 1.82) is 0 Å². The van der Waals surface area contributed by atoms with Crippen LogP contribution >= 0.6 is 27.3 Å². The number of ether oxygens (including phenoxy) is 1. The average Bonchev–Trinajstić information content (AvgIpc) is 3.19. The molecule has 0 saturated carbocycles. The Morgan fingerprint density at radius 1 is 1.10 bits per heavy atom. The van der Waals surface area contributed by atoms with E-state index in [0.29, 0.717) is 23.0 Å². The molecular weight excluding hydrogens is 448 g/mol. The summed E-state index contributed by atoms with van der Waals surface area (Å²) >= 11 is 4.97. The Labute approximate surface area is 181 Å². The Bertz CT molecular complexity index is 1170. The van der Waals surface area contributed by atoms with Gasteiger partial charge in [0.2, 0.25) is 0 Å². The first-order chi connectivity index (χ1) is 14.1. The fourth-order valence-electron chi connectivity index (χ4n) is 3.15. The lowest BCUT2D eigenvalue weighted by atomic mass is 10.1. The first-order valence-corrected chi connectivity index (χ1v) is 10.7. The van der Waals surface area contributed by atoms with Crippen LogP contribution < -0.4 is 9.64 Å². The molecule has 4 nitrogen and oxygen atoms in total. The van der Waals surface area contributed by atoms with Gasteiger partial charge in [0.15, 0.2) is 5.13 Å². The molecule has 6 heteroatoms. The van der Waals surface area contributed by atoms with Crippen LogP contribution in [0.5, 0.6) is 5.75 Å². The number of carbonyl (C=O) groups excluding carboxylic acids is 1. The SMILES string of the molecule is COc1ccc(C)c2sc(N(Cc3ccccc3)C(=O)c3cccc(Br)c3)nc12. The third-order valence-corrected chi connectivity index (χ3v) is 6.35. The van der Waals surface area contributed by atoms with Crippen molar-refractivity contribution in [3.8, 4) is 5.75 Å². The van der Waals surface area contributed by atoms with Crippen LogP contribution in [-0.2, 0) is 6.54 Å². The number of hydrogen-bond donors (Lipinski definition) is 0. The van der Waals surface area contributed by atoms with E-state index in [4.69, 9.17) is 9.72 Å². The number of hydrogen-bond acceptors (Lipinski definition) is 4. The van der Waals surface area contributed by atoms with Crippen molar-refractivity contribution >= 4 is 48.5 Å². The van der Waals surface area contributed by atoms with Crippen molar-refractivity contribution in [2.75, 3.05) is 12.0 Å². The van der Waals surface area contributed by atoms with E-state index in [1.807, 2.05) is 73.7 Å². The van der Waals surface area contributed by atoms with E-state index in [2.05, 4.69) is 15.9 Å². The monoisotopic (exact) mass is 466 g/mol. The summed E-state index contributed by atoms with van der Waals surface area (Å²) in [4.78, 5) is 20.0. The van der Waals surface area contributed by atoms with Gasteiger partial charge in [-0.15, -0.1) is 0 Å². The molecule has 0 unspecified atom stereocenters. The minimum atomic E-state index is -0.0918. The summed E-state index contributed by atoms with van der Waals surface area (Å²) < 4.78 is 7.38. The van der Waals surface area contributed by atoms with Gasteiger partial charge in [0.25, 0.3) is 5.91 Å². The largest absolute Gasteiger partial charge is 0.494 e. The number of carbonyl (C=O) groups is 1. The van der Waals surface area contributed by atoms with E-state index < -0.39 is 0 Å². The van der Waals surface area contributed by atoms with Gasteiger partial charge in [0.1, 0.15) is 11.3 Å². The number of thiazole rings is 1. The maximum atomic E-state index is 13.5. The Balaban J connectivity index is 1.83. The predicted molar refractivity (Wildman–Crippen MR) is 122 cm³/mol. The van der Waals surface area contributed by atoms with Crippen molar-refractivity contribution < 1.29 is 9.53 Å². The maximum absolute atomic E-state index is 13.5. The molecular formula is C23H19BrN2O2S. The zero-order valence-electron chi connectivity index (χ0n) is 16.1. The normalized spacial score (nSPS) is 10.9. The highest BCUT2D eigenvalue weighted by atomic mass is 79.9. The number of aromatic nitrogens is 1. The molecule has 0 radical (unpaired) electrons. The number of halogens is 1. The number of methoxy groups -OCH3 is 1. The van der Waals surface area contributed by atoms with Crippen molar-refractivity contribution in [3.63, 3.8) is 0 Å². The van der Waals surface area contributed by atoms with Gasteiger partial charge < -0.3 is 4.74 Å². The molecule has 0 atom stereocenters. The van der Waals surface area contributed by atoms with Crippen LogP contribution in [0.1, 0.15) is 21.5 Å². The third-order valence-electron chi connectivity index (χ3n) is 4.64. The molecule has 1 heterocycles. The fraction of sp³-hybridized carbons (Fsp3) is 0.130. The van der Waals surface area contributed by atoms with Crippen LogP contribution in [-0.4, -0.2) is 18.0 Å². The summed E-state index contributed by atoms with van der Waals surface area (Å²) in [6, 6.07) is 21.3. The zero-order valence-corrected chi connectivity index (χ0v) is 18.5.